The molecule has 0 radical (unpaired) electrons. The zero-order valence-corrected chi connectivity index (χ0v) is 15.1. The second-order valence-corrected chi connectivity index (χ2v) is 7.80. The van der Waals surface area contributed by atoms with Crippen molar-refractivity contribution < 1.29 is 10.2 Å². The van der Waals surface area contributed by atoms with Crippen molar-refractivity contribution in [3.63, 3.8) is 0 Å². The molecule has 0 heterocycles. The first kappa shape index (κ1) is 17.4. The number of phenolic OH excluding ortho intramolecular Hbond substituents is 1. The molecule has 2 aliphatic carbocycles. The number of unbranched alkanes of at least 4 members (excludes halogenated alkanes) is 2. The molecule has 0 aliphatic heterocycles. The Morgan fingerprint density at radius 3 is 2.83 bits per heavy atom. The third-order valence-corrected chi connectivity index (χ3v) is 6.32. The SMILES string of the molecule is CC#C[C@@]1(O)CC[C@@]2(CCCCC)c3ccc(O)cc3CC[C@@H]2C1. The summed E-state index contributed by atoms with van der Waals surface area (Å²) in [6, 6.07) is 5.95. The molecule has 3 rings (SSSR count). The lowest BCUT2D eigenvalue weighted by molar-refractivity contribution is -0.0115. The van der Waals surface area contributed by atoms with Crippen LogP contribution in [0.3, 0.4) is 0 Å². The monoisotopic (exact) mass is 326 g/mol. The van der Waals surface area contributed by atoms with Crippen molar-refractivity contribution in [1.82, 2.24) is 0 Å². The van der Waals surface area contributed by atoms with Crippen molar-refractivity contribution in [2.45, 2.75) is 82.7 Å². The van der Waals surface area contributed by atoms with Crippen LogP contribution in [0, 0.1) is 17.8 Å². The topological polar surface area (TPSA) is 40.5 Å². The standard InChI is InChI=1S/C22H30O2/c1-3-5-6-12-22-14-13-21(24,11-4-2)16-18(22)8-7-17-15-19(23)9-10-20(17)22/h9-10,15,18,23-24H,3,5-8,12-14,16H2,1-2H3/t18-,21-,22-/m1/s1. The molecule has 2 heteroatoms. The minimum Gasteiger partial charge on any atom is -0.508 e. The predicted molar refractivity (Wildman–Crippen MR) is 98.0 cm³/mol. The summed E-state index contributed by atoms with van der Waals surface area (Å²) in [5, 5.41) is 20.8. The van der Waals surface area contributed by atoms with E-state index in [2.05, 4.69) is 24.8 Å². The highest BCUT2D eigenvalue weighted by Crippen LogP contribution is 2.55. The van der Waals surface area contributed by atoms with Gasteiger partial charge in [-0.15, -0.1) is 5.92 Å². The molecule has 0 aromatic heterocycles. The van der Waals surface area contributed by atoms with Gasteiger partial charge in [-0.25, -0.2) is 0 Å². The number of benzene rings is 1. The maximum absolute atomic E-state index is 10.9. The van der Waals surface area contributed by atoms with Gasteiger partial charge >= 0.3 is 0 Å². The van der Waals surface area contributed by atoms with E-state index in [9.17, 15) is 10.2 Å². The van der Waals surface area contributed by atoms with Crippen molar-refractivity contribution in [3.05, 3.63) is 29.3 Å². The minimum atomic E-state index is -0.803. The Hall–Kier alpha value is -1.46. The van der Waals surface area contributed by atoms with E-state index in [1.54, 1.807) is 0 Å². The van der Waals surface area contributed by atoms with E-state index in [0.29, 0.717) is 11.7 Å². The summed E-state index contributed by atoms with van der Waals surface area (Å²) >= 11 is 0. The van der Waals surface area contributed by atoms with E-state index in [0.717, 1.165) is 32.1 Å². The highest BCUT2D eigenvalue weighted by molar-refractivity contribution is 5.43. The molecule has 3 atom stereocenters. The zero-order chi connectivity index (χ0) is 17.2. The summed E-state index contributed by atoms with van der Waals surface area (Å²) in [6.45, 7) is 4.07. The first-order chi connectivity index (χ1) is 11.5. The molecule has 0 saturated heterocycles. The van der Waals surface area contributed by atoms with Crippen molar-refractivity contribution in [2.24, 2.45) is 5.92 Å². The Labute approximate surface area is 146 Å². The maximum Gasteiger partial charge on any atom is 0.125 e. The number of aryl methyl sites for hydroxylation is 1. The van der Waals surface area contributed by atoms with Crippen LogP contribution in [0.25, 0.3) is 0 Å². The van der Waals surface area contributed by atoms with E-state index in [1.807, 2.05) is 19.1 Å². The van der Waals surface area contributed by atoms with Crippen LogP contribution in [0.1, 0.15) is 76.3 Å². The number of fused-ring (bicyclic) bond motifs is 3. The summed E-state index contributed by atoms with van der Waals surface area (Å²) < 4.78 is 0. The second-order valence-electron chi connectivity index (χ2n) is 7.80. The first-order valence-corrected chi connectivity index (χ1v) is 9.52. The molecule has 0 spiro atoms. The van der Waals surface area contributed by atoms with Crippen LogP contribution in [0.15, 0.2) is 18.2 Å². The van der Waals surface area contributed by atoms with Crippen LogP contribution in [-0.4, -0.2) is 15.8 Å². The largest absolute Gasteiger partial charge is 0.508 e. The number of hydrogen-bond acceptors (Lipinski definition) is 2. The number of phenols is 1. The van der Waals surface area contributed by atoms with E-state index < -0.39 is 5.60 Å². The van der Waals surface area contributed by atoms with Crippen LogP contribution in [0.5, 0.6) is 5.75 Å². The molecule has 1 saturated carbocycles. The lowest BCUT2D eigenvalue weighted by Gasteiger charge is -2.52. The molecule has 2 N–H and O–H groups in total. The van der Waals surface area contributed by atoms with E-state index >= 15 is 0 Å². The molecule has 0 bridgehead atoms. The van der Waals surface area contributed by atoms with Crippen molar-refractivity contribution in [2.75, 3.05) is 0 Å². The van der Waals surface area contributed by atoms with Crippen LogP contribution in [0.2, 0.25) is 0 Å². The molecular formula is C22H30O2. The molecule has 1 aromatic carbocycles. The summed E-state index contributed by atoms with van der Waals surface area (Å²) in [4.78, 5) is 0. The van der Waals surface area contributed by atoms with E-state index in [4.69, 9.17) is 0 Å². The van der Waals surface area contributed by atoms with Crippen LogP contribution in [0.4, 0.5) is 0 Å². The molecule has 2 aliphatic rings. The molecule has 1 fully saturated rings. The molecular weight excluding hydrogens is 296 g/mol. The average Bonchev–Trinajstić information content (AvgIpc) is 2.55. The number of rotatable bonds is 4. The average molecular weight is 326 g/mol. The molecule has 1 aromatic rings. The third-order valence-electron chi connectivity index (χ3n) is 6.32. The van der Waals surface area contributed by atoms with Gasteiger partial charge in [0.25, 0.3) is 0 Å². The van der Waals surface area contributed by atoms with Gasteiger partial charge in [0.1, 0.15) is 11.4 Å². The molecule has 130 valence electrons. The van der Waals surface area contributed by atoms with E-state index in [-0.39, 0.29) is 5.41 Å². The summed E-state index contributed by atoms with van der Waals surface area (Å²) in [6.07, 6.45) is 9.58. The molecule has 0 amide bonds. The Kier molecular flexibility index (Phi) is 4.92. The Bertz CT molecular complexity index is 654. The zero-order valence-electron chi connectivity index (χ0n) is 15.1. The van der Waals surface area contributed by atoms with Gasteiger partial charge in [0, 0.05) is 0 Å². The quantitative estimate of drug-likeness (QED) is 0.621. The van der Waals surface area contributed by atoms with Gasteiger partial charge in [-0.05, 0) is 80.0 Å². The fourth-order valence-electron chi connectivity index (χ4n) is 5.17. The number of hydrogen-bond donors (Lipinski definition) is 2. The van der Waals surface area contributed by atoms with Gasteiger partial charge in [0.15, 0.2) is 0 Å². The highest BCUT2D eigenvalue weighted by Gasteiger charge is 2.50. The Balaban J connectivity index is 1.97. The van der Waals surface area contributed by atoms with Crippen molar-refractivity contribution in [3.8, 4) is 17.6 Å². The molecule has 0 unspecified atom stereocenters. The van der Waals surface area contributed by atoms with Crippen LogP contribution in [-0.2, 0) is 11.8 Å². The van der Waals surface area contributed by atoms with Gasteiger partial charge in [0.2, 0.25) is 0 Å². The van der Waals surface area contributed by atoms with Crippen LogP contribution >= 0.6 is 0 Å². The van der Waals surface area contributed by atoms with Gasteiger partial charge in [-0.3, -0.25) is 0 Å². The highest BCUT2D eigenvalue weighted by atomic mass is 16.3. The summed E-state index contributed by atoms with van der Waals surface area (Å²) in [5.41, 5.74) is 2.11. The minimum absolute atomic E-state index is 0.165. The summed E-state index contributed by atoms with van der Waals surface area (Å²) in [5.74, 6) is 6.88. The lowest BCUT2D eigenvalue weighted by atomic mass is 9.53. The second kappa shape index (κ2) is 6.81. The van der Waals surface area contributed by atoms with Crippen molar-refractivity contribution in [1.29, 1.82) is 0 Å². The first-order valence-electron chi connectivity index (χ1n) is 9.52. The number of aliphatic hydroxyl groups is 1. The Morgan fingerprint density at radius 2 is 2.08 bits per heavy atom. The van der Waals surface area contributed by atoms with Gasteiger partial charge in [-0.2, -0.15) is 0 Å². The van der Waals surface area contributed by atoms with Crippen LogP contribution < -0.4 is 0 Å². The van der Waals surface area contributed by atoms with Gasteiger partial charge in [-0.1, -0.05) is 38.2 Å². The maximum atomic E-state index is 10.9. The van der Waals surface area contributed by atoms with Gasteiger partial charge in [0.05, 0.1) is 0 Å². The molecule has 2 nitrogen and oxygen atoms in total. The Morgan fingerprint density at radius 1 is 1.25 bits per heavy atom. The van der Waals surface area contributed by atoms with Gasteiger partial charge < -0.3 is 10.2 Å². The lowest BCUT2D eigenvalue weighted by Crippen LogP contribution is -2.49. The normalized spacial score (nSPS) is 31.5. The smallest absolute Gasteiger partial charge is 0.125 e. The number of aromatic hydroxyl groups is 1. The fraction of sp³-hybridized carbons (Fsp3) is 0.636. The van der Waals surface area contributed by atoms with Crippen molar-refractivity contribution >= 4 is 0 Å². The third kappa shape index (κ3) is 3.07. The fourth-order valence-corrected chi connectivity index (χ4v) is 5.17. The summed E-state index contributed by atoms with van der Waals surface area (Å²) in [7, 11) is 0. The molecule has 24 heavy (non-hydrogen) atoms. The van der Waals surface area contributed by atoms with E-state index in [1.165, 1.54) is 36.8 Å². The predicted octanol–water partition coefficient (Wildman–Crippen LogP) is 4.71.